The molecule has 0 bridgehead atoms. The van der Waals surface area contributed by atoms with Crippen LogP contribution in [-0.4, -0.2) is 40.4 Å². The van der Waals surface area contributed by atoms with E-state index in [2.05, 4.69) is 33.0 Å². The highest BCUT2D eigenvalue weighted by molar-refractivity contribution is 7.99. The average Bonchev–Trinajstić information content (AvgIpc) is 3.57. The fourth-order valence-corrected chi connectivity index (χ4v) is 5.04. The Bertz CT molecular complexity index is 1240. The molecule has 3 aromatic rings. The largest absolute Gasteiger partial charge is 0.328 e. The fraction of sp³-hybridized carbons (Fsp3) is 0.280. The summed E-state index contributed by atoms with van der Waals surface area (Å²) in [4.78, 5) is 17.0. The molecule has 0 N–H and O–H groups in total. The van der Waals surface area contributed by atoms with Crippen molar-refractivity contribution in [3.8, 4) is 6.07 Å². The molecule has 1 fully saturated rings. The predicted molar refractivity (Wildman–Crippen MR) is 129 cm³/mol. The third kappa shape index (κ3) is 4.00. The summed E-state index contributed by atoms with van der Waals surface area (Å²) in [6.45, 7) is 0.670. The number of nitriles is 1. The number of hydrogen-bond acceptors (Lipinski definition) is 7. The molecular formula is C25H24N6OS. The number of rotatable bonds is 7. The lowest BCUT2D eigenvalue weighted by Gasteiger charge is -2.19. The number of anilines is 2. The smallest absolute Gasteiger partial charge is 0.191 e. The topological polar surface area (TPSA) is 78.0 Å². The number of carbonyl (C=O) groups excluding carboxylic acids is 1. The summed E-state index contributed by atoms with van der Waals surface area (Å²) in [7, 11) is 3.77. The first-order chi connectivity index (χ1) is 16.1. The van der Waals surface area contributed by atoms with Gasteiger partial charge in [-0.2, -0.15) is 5.26 Å². The molecule has 1 saturated carbocycles. The molecule has 0 atom stereocenters. The molecule has 1 aromatic heterocycles. The number of hydrogen-bond donors (Lipinski definition) is 0. The van der Waals surface area contributed by atoms with E-state index in [0.717, 1.165) is 30.0 Å². The number of fused-ring (bicyclic) bond motifs is 1. The second kappa shape index (κ2) is 8.75. The van der Waals surface area contributed by atoms with Crippen LogP contribution in [0.2, 0.25) is 0 Å². The Morgan fingerprint density at radius 1 is 1.03 bits per heavy atom. The number of carbonyl (C=O) groups is 1. The monoisotopic (exact) mass is 456 g/mol. The maximum Gasteiger partial charge on any atom is 0.191 e. The van der Waals surface area contributed by atoms with Gasteiger partial charge in [0.05, 0.1) is 23.7 Å². The molecule has 0 amide bonds. The zero-order valence-electron chi connectivity index (χ0n) is 18.6. The molecule has 1 aliphatic heterocycles. The van der Waals surface area contributed by atoms with Gasteiger partial charge >= 0.3 is 0 Å². The number of benzene rings is 2. The molecule has 33 heavy (non-hydrogen) atoms. The Morgan fingerprint density at radius 2 is 1.67 bits per heavy atom. The third-order valence-electron chi connectivity index (χ3n) is 6.06. The molecule has 8 heteroatoms. The van der Waals surface area contributed by atoms with Gasteiger partial charge in [0.25, 0.3) is 0 Å². The van der Waals surface area contributed by atoms with Crippen LogP contribution in [-0.2, 0) is 11.3 Å². The van der Waals surface area contributed by atoms with E-state index in [1.807, 2.05) is 66.4 Å². The molecule has 2 aromatic carbocycles. The maximum atomic E-state index is 13.2. The second-order valence-electron chi connectivity index (χ2n) is 8.32. The first-order valence-corrected chi connectivity index (χ1v) is 11.9. The van der Waals surface area contributed by atoms with E-state index in [4.69, 9.17) is 0 Å². The SMILES string of the molecule is CN1C(=C(C#N)C(=O)CSc2nnc(C3CC3)n2Cc2ccccc2)N(C)c2ccccc21. The molecule has 0 saturated heterocycles. The Balaban J connectivity index is 1.38. The van der Waals surface area contributed by atoms with Gasteiger partial charge < -0.3 is 14.4 Å². The highest BCUT2D eigenvalue weighted by Crippen LogP contribution is 2.41. The summed E-state index contributed by atoms with van der Waals surface area (Å²) in [5.41, 5.74) is 3.26. The summed E-state index contributed by atoms with van der Waals surface area (Å²) in [5.74, 6) is 1.95. The van der Waals surface area contributed by atoms with Crippen LogP contribution in [0.15, 0.2) is 71.1 Å². The molecule has 2 aliphatic rings. The van der Waals surface area contributed by atoms with Crippen LogP contribution in [0.25, 0.3) is 0 Å². The van der Waals surface area contributed by atoms with Gasteiger partial charge in [0.2, 0.25) is 0 Å². The van der Waals surface area contributed by atoms with Crippen LogP contribution in [0.3, 0.4) is 0 Å². The van der Waals surface area contributed by atoms with Gasteiger partial charge in [-0.3, -0.25) is 4.79 Å². The number of Topliss-reactive ketones (excluding diaryl/α,β-unsaturated/α-hetero) is 1. The van der Waals surface area contributed by atoms with Crippen molar-refractivity contribution < 1.29 is 4.79 Å². The molecular weight excluding hydrogens is 432 g/mol. The van der Waals surface area contributed by atoms with Gasteiger partial charge in [-0.1, -0.05) is 54.2 Å². The maximum absolute atomic E-state index is 13.2. The standard InChI is InChI=1S/C25H24N6OS/c1-29-20-10-6-7-11-21(20)30(2)24(29)19(14-26)22(32)16-33-25-28-27-23(18-12-13-18)31(25)15-17-8-4-3-5-9-17/h3-11,18H,12-13,15-16H2,1-2H3. The molecule has 2 heterocycles. The van der Waals surface area contributed by atoms with Crippen LogP contribution in [0, 0.1) is 11.3 Å². The zero-order valence-corrected chi connectivity index (χ0v) is 19.4. The van der Waals surface area contributed by atoms with Crippen molar-refractivity contribution in [2.24, 2.45) is 0 Å². The van der Waals surface area contributed by atoms with Crippen molar-refractivity contribution in [1.82, 2.24) is 14.8 Å². The third-order valence-corrected chi connectivity index (χ3v) is 7.02. The van der Waals surface area contributed by atoms with Crippen LogP contribution < -0.4 is 9.80 Å². The van der Waals surface area contributed by atoms with E-state index in [1.165, 1.54) is 17.3 Å². The highest BCUT2D eigenvalue weighted by Gasteiger charge is 2.33. The zero-order chi connectivity index (χ0) is 22.9. The van der Waals surface area contributed by atoms with Gasteiger partial charge in [-0.15, -0.1) is 10.2 Å². The lowest BCUT2D eigenvalue weighted by molar-refractivity contribution is -0.112. The van der Waals surface area contributed by atoms with E-state index < -0.39 is 0 Å². The van der Waals surface area contributed by atoms with Crippen LogP contribution in [0.1, 0.15) is 30.1 Å². The summed E-state index contributed by atoms with van der Waals surface area (Å²) in [6.07, 6.45) is 2.25. The average molecular weight is 457 g/mol. The predicted octanol–water partition coefficient (Wildman–Crippen LogP) is 4.19. The van der Waals surface area contributed by atoms with Crippen molar-refractivity contribution in [3.05, 3.63) is 77.4 Å². The Morgan fingerprint density at radius 3 is 2.27 bits per heavy atom. The van der Waals surface area contributed by atoms with Crippen molar-refractivity contribution >= 4 is 28.9 Å². The van der Waals surface area contributed by atoms with Gasteiger partial charge in [0, 0.05) is 20.0 Å². The van der Waals surface area contributed by atoms with E-state index in [0.29, 0.717) is 23.4 Å². The first kappa shape index (κ1) is 21.3. The van der Waals surface area contributed by atoms with Crippen LogP contribution in [0.4, 0.5) is 11.4 Å². The van der Waals surface area contributed by atoms with Crippen molar-refractivity contribution in [1.29, 1.82) is 5.26 Å². The Kier molecular flexibility index (Phi) is 5.65. The van der Waals surface area contributed by atoms with Gasteiger partial charge in [0.1, 0.15) is 23.3 Å². The van der Waals surface area contributed by atoms with Crippen molar-refractivity contribution in [2.75, 3.05) is 29.6 Å². The molecule has 1 aliphatic carbocycles. The van der Waals surface area contributed by atoms with Gasteiger partial charge in [0.15, 0.2) is 10.9 Å². The minimum atomic E-state index is -0.216. The van der Waals surface area contributed by atoms with Crippen molar-refractivity contribution in [2.45, 2.75) is 30.5 Å². The van der Waals surface area contributed by atoms with Gasteiger partial charge in [-0.05, 0) is 30.5 Å². The van der Waals surface area contributed by atoms with E-state index in [9.17, 15) is 10.1 Å². The highest BCUT2D eigenvalue weighted by atomic mass is 32.2. The molecule has 5 rings (SSSR count). The number of nitrogens with zero attached hydrogens (tertiary/aromatic N) is 6. The number of allylic oxidation sites excluding steroid dienone is 1. The number of ketones is 1. The lowest BCUT2D eigenvalue weighted by Crippen LogP contribution is -2.26. The first-order valence-electron chi connectivity index (χ1n) is 10.9. The molecule has 0 radical (unpaired) electrons. The van der Waals surface area contributed by atoms with Gasteiger partial charge in [-0.25, -0.2) is 0 Å². The summed E-state index contributed by atoms with van der Waals surface area (Å²) < 4.78 is 2.12. The summed E-state index contributed by atoms with van der Waals surface area (Å²) >= 11 is 1.35. The number of para-hydroxylation sites is 2. The fourth-order valence-electron chi connectivity index (χ4n) is 4.22. The minimum Gasteiger partial charge on any atom is -0.328 e. The quantitative estimate of drug-likeness (QED) is 0.300. The number of aromatic nitrogens is 3. The summed E-state index contributed by atoms with van der Waals surface area (Å²) in [6, 6.07) is 20.2. The second-order valence-corrected chi connectivity index (χ2v) is 9.26. The number of thioether (sulfide) groups is 1. The van der Waals surface area contributed by atoms with Crippen LogP contribution >= 0.6 is 11.8 Å². The van der Waals surface area contributed by atoms with Crippen LogP contribution in [0.5, 0.6) is 0 Å². The molecule has 7 nitrogen and oxygen atoms in total. The molecule has 0 spiro atoms. The Hall–Kier alpha value is -3.57. The molecule has 166 valence electrons. The Labute approximate surface area is 197 Å². The van der Waals surface area contributed by atoms with Crippen molar-refractivity contribution in [3.63, 3.8) is 0 Å². The summed E-state index contributed by atoms with van der Waals surface area (Å²) in [5, 5.41) is 19.4. The van der Waals surface area contributed by atoms with E-state index in [-0.39, 0.29) is 17.1 Å². The normalized spacial score (nSPS) is 14.9. The minimum absolute atomic E-state index is 0.127. The van der Waals surface area contributed by atoms with E-state index in [1.54, 1.807) is 0 Å². The van der Waals surface area contributed by atoms with E-state index >= 15 is 0 Å². The lowest BCUT2D eigenvalue weighted by atomic mass is 10.2. The molecule has 0 unspecified atom stereocenters.